The van der Waals surface area contributed by atoms with Crippen molar-refractivity contribution in [3.63, 3.8) is 0 Å². The predicted molar refractivity (Wildman–Crippen MR) is 58.7 cm³/mol. The minimum atomic E-state index is -2.39. The van der Waals surface area contributed by atoms with Gasteiger partial charge in [0.2, 0.25) is 0 Å². The number of carbonyl (C=O) groups is 1. The summed E-state index contributed by atoms with van der Waals surface area (Å²) in [6, 6.07) is 0. The molecule has 3 N–H and O–H groups in total. The number of rotatable bonds is 5. The topological polar surface area (TPSA) is 78.4 Å². The van der Waals surface area contributed by atoms with Gasteiger partial charge in [0.25, 0.3) is 0 Å². The first-order valence-electron chi connectivity index (χ1n) is 4.29. The van der Waals surface area contributed by atoms with Crippen LogP contribution in [0.2, 0.25) is 0 Å². The summed E-state index contributed by atoms with van der Waals surface area (Å²) < 4.78 is 11.1. The molecule has 0 atom stereocenters. The summed E-state index contributed by atoms with van der Waals surface area (Å²) in [5, 5.41) is 13.3. The monoisotopic (exact) mass is 222 g/mol. The first kappa shape index (κ1) is 15.5. The lowest BCUT2D eigenvalue weighted by atomic mass is 10.6. The van der Waals surface area contributed by atoms with E-state index in [2.05, 4.69) is 17.0 Å². The Morgan fingerprint density at radius 1 is 1.43 bits per heavy atom. The molecular formula is C8H19N2O3P. The average Bonchev–Trinajstić information content (AvgIpc) is 2.02. The molecule has 0 spiro atoms. The molecule has 0 aromatic rings. The molecule has 0 aromatic carbocycles. The van der Waals surface area contributed by atoms with E-state index in [1.807, 2.05) is 13.8 Å². The fraction of sp³-hybridized carbons (Fsp3) is 0.625. The summed E-state index contributed by atoms with van der Waals surface area (Å²) in [6.45, 7) is 10.3. The Labute approximate surface area is 85.0 Å². The predicted octanol–water partition coefficient (Wildman–Crippen LogP) is 1.29. The van der Waals surface area contributed by atoms with E-state index in [0.29, 0.717) is 0 Å². The Morgan fingerprint density at radius 3 is 2.14 bits per heavy atom. The Hall–Kier alpha value is -0.960. The average molecular weight is 222 g/mol. The molecule has 0 aliphatic heterocycles. The third-order valence-electron chi connectivity index (χ3n) is 0.857. The highest BCUT2D eigenvalue weighted by molar-refractivity contribution is 7.60. The largest absolute Gasteiger partial charge is 0.480 e. The van der Waals surface area contributed by atoms with Gasteiger partial charge in [-0.3, -0.25) is 4.79 Å². The number of hydrogen-bond donors (Lipinski definition) is 3. The highest BCUT2D eigenvalue weighted by Gasteiger charge is 2.06. The highest BCUT2D eigenvalue weighted by Crippen LogP contribution is 2.30. The molecule has 0 unspecified atom stereocenters. The van der Waals surface area contributed by atoms with E-state index in [-0.39, 0.29) is 12.4 Å². The number of carboxylic acid groups (broad SMARTS) is 1. The molecule has 0 amide bonds. The fourth-order valence-electron chi connectivity index (χ4n) is 0.547. The third kappa shape index (κ3) is 13.6. The van der Waals surface area contributed by atoms with E-state index in [1.54, 1.807) is 0 Å². The molecular weight excluding hydrogens is 203 g/mol. The molecule has 14 heavy (non-hydrogen) atoms. The summed E-state index contributed by atoms with van der Waals surface area (Å²) in [5.74, 6) is -0.717. The van der Waals surface area contributed by atoms with Gasteiger partial charge in [-0.25, -0.2) is 0 Å². The molecule has 0 fully saturated rings. The van der Waals surface area contributed by atoms with Crippen LogP contribution in [0.3, 0.4) is 0 Å². The van der Waals surface area contributed by atoms with E-state index in [4.69, 9.17) is 5.11 Å². The van der Waals surface area contributed by atoms with Gasteiger partial charge in [0, 0.05) is 13.3 Å². The second-order valence-electron chi connectivity index (χ2n) is 2.69. The van der Waals surface area contributed by atoms with Crippen molar-refractivity contribution in [1.82, 2.24) is 10.4 Å². The molecule has 0 aliphatic carbocycles. The van der Waals surface area contributed by atoms with Gasteiger partial charge in [-0.1, -0.05) is 20.4 Å². The second-order valence-corrected chi connectivity index (χ2v) is 5.61. The van der Waals surface area contributed by atoms with E-state index in [9.17, 15) is 9.36 Å². The maximum atomic E-state index is 11.1. The van der Waals surface area contributed by atoms with Crippen molar-refractivity contribution >= 4 is 13.3 Å². The first-order chi connectivity index (χ1) is 6.31. The fourth-order valence-corrected chi connectivity index (χ4v) is 1.28. The standard InChI is InChI=1S/C6H13N2O3P.C2H6/c1-5(7-4-6(9)10)8-12(2,3)11;1-2/h7H,1,4H2,2-3H3,(H,8,11)(H,9,10);1-2H3. The van der Waals surface area contributed by atoms with Crippen LogP contribution in [-0.2, 0) is 9.36 Å². The molecule has 6 heteroatoms. The zero-order valence-electron chi connectivity index (χ0n) is 9.13. The van der Waals surface area contributed by atoms with Gasteiger partial charge < -0.3 is 20.1 Å². The Balaban J connectivity index is 0. The molecule has 0 saturated carbocycles. The van der Waals surface area contributed by atoms with E-state index >= 15 is 0 Å². The minimum absolute atomic E-state index is 0.230. The van der Waals surface area contributed by atoms with Crippen molar-refractivity contribution in [3.05, 3.63) is 12.4 Å². The lowest BCUT2D eigenvalue weighted by Crippen LogP contribution is -2.28. The van der Waals surface area contributed by atoms with Crippen LogP contribution in [0.25, 0.3) is 0 Å². The van der Waals surface area contributed by atoms with Crippen LogP contribution in [0.5, 0.6) is 0 Å². The van der Waals surface area contributed by atoms with Crippen molar-refractivity contribution in [2.45, 2.75) is 13.8 Å². The van der Waals surface area contributed by atoms with E-state index in [0.717, 1.165) is 0 Å². The van der Waals surface area contributed by atoms with Crippen molar-refractivity contribution in [3.8, 4) is 0 Å². The summed E-state index contributed by atoms with van der Waals surface area (Å²) in [7, 11) is -2.39. The maximum absolute atomic E-state index is 11.1. The van der Waals surface area contributed by atoms with E-state index in [1.165, 1.54) is 13.3 Å². The molecule has 0 heterocycles. The second kappa shape index (κ2) is 7.44. The van der Waals surface area contributed by atoms with Crippen LogP contribution in [-0.4, -0.2) is 31.0 Å². The van der Waals surface area contributed by atoms with Crippen LogP contribution in [0.4, 0.5) is 0 Å². The zero-order valence-corrected chi connectivity index (χ0v) is 10.0. The first-order valence-corrected chi connectivity index (χ1v) is 6.89. The Morgan fingerprint density at radius 2 is 1.86 bits per heavy atom. The van der Waals surface area contributed by atoms with E-state index < -0.39 is 13.3 Å². The number of aliphatic carboxylic acids is 1. The SMILES string of the molecule is C=C(NCC(=O)O)NP(C)(C)=O.CC. The molecule has 84 valence electrons. The minimum Gasteiger partial charge on any atom is -0.480 e. The van der Waals surface area contributed by atoms with Crippen LogP contribution in [0.15, 0.2) is 12.4 Å². The van der Waals surface area contributed by atoms with Crippen LogP contribution >= 0.6 is 7.29 Å². The van der Waals surface area contributed by atoms with Crippen molar-refractivity contribution in [2.75, 3.05) is 19.9 Å². The molecule has 0 aromatic heterocycles. The molecule has 0 aliphatic rings. The highest BCUT2D eigenvalue weighted by atomic mass is 31.2. The zero-order chi connectivity index (χ0) is 11.8. The molecule has 0 radical (unpaired) electrons. The van der Waals surface area contributed by atoms with Crippen LogP contribution < -0.4 is 10.4 Å². The molecule has 0 rings (SSSR count). The van der Waals surface area contributed by atoms with Crippen molar-refractivity contribution < 1.29 is 14.5 Å². The van der Waals surface area contributed by atoms with Crippen molar-refractivity contribution in [2.24, 2.45) is 0 Å². The van der Waals surface area contributed by atoms with Gasteiger partial charge in [-0.05, 0) is 0 Å². The number of carboxylic acids is 1. The molecule has 0 saturated heterocycles. The van der Waals surface area contributed by atoms with Gasteiger partial charge >= 0.3 is 5.97 Å². The van der Waals surface area contributed by atoms with Gasteiger partial charge in [-0.2, -0.15) is 0 Å². The molecule has 0 bridgehead atoms. The normalized spacial score (nSPS) is 9.43. The number of hydrogen-bond acceptors (Lipinski definition) is 3. The smallest absolute Gasteiger partial charge is 0.322 e. The summed E-state index contributed by atoms with van der Waals surface area (Å²) in [4.78, 5) is 10.1. The number of nitrogens with one attached hydrogen (secondary N) is 2. The summed E-state index contributed by atoms with van der Waals surface area (Å²) in [5.41, 5.74) is 0. The summed E-state index contributed by atoms with van der Waals surface area (Å²) >= 11 is 0. The lowest BCUT2D eigenvalue weighted by Gasteiger charge is -2.13. The Bertz CT molecular complexity index is 235. The Kier molecular flexibility index (Phi) is 8.25. The quantitative estimate of drug-likeness (QED) is 0.611. The summed E-state index contributed by atoms with van der Waals surface area (Å²) in [6.07, 6.45) is 0. The lowest BCUT2D eigenvalue weighted by molar-refractivity contribution is -0.135. The van der Waals surface area contributed by atoms with Gasteiger partial charge in [-0.15, -0.1) is 0 Å². The van der Waals surface area contributed by atoms with Gasteiger partial charge in [0.15, 0.2) is 7.29 Å². The maximum Gasteiger partial charge on any atom is 0.322 e. The third-order valence-corrected chi connectivity index (χ3v) is 1.67. The van der Waals surface area contributed by atoms with Crippen molar-refractivity contribution in [1.29, 1.82) is 0 Å². The molecule has 5 nitrogen and oxygen atoms in total. The van der Waals surface area contributed by atoms with Gasteiger partial charge in [0.1, 0.15) is 6.54 Å². The van der Waals surface area contributed by atoms with Gasteiger partial charge in [0.05, 0.1) is 5.82 Å². The van der Waals surface area contributed by atoms with Crippen LogP contribution in [0, 0.1) is 0 Å². The van der Waals surface area contributed by atoms with Crippen LogP contribution in [0.1, 0.15) is 13.8 Å².